The Bertz CT molecular complexity index is 1630. The van der Waals surface area contributed by atoms with Crippen LogP contribution in [0, 0.1) is 17.2 Å². The van der Waals surface area contributed by atoms with E-state index in [0.717, 1.165) is 16.5 Å². The van der Waals surface area contributed by atoms with Crippen LogP contribution in [0.15, 0.2) is 42.9 Å². The summed E-state index contributed by atoms with van der Waals surface area (Å²) in [5.74, 6) is 2.27. The van der Waals surface area contributed by atoms with Crippen LogP contribution in [0.5, 0.6) is 0 Å². The molecule has 1 fully saturated rings. The van der Waals surface area contributed by atoms with E-state index in [9.17, 15) is 13.7 Å². The third-order valence-electron chi connectivity index (χ3n) is 6.46. The van der Waals surface area contributed by atoms with Crippen molar-refractivity contribution in [3.8, 4) is 17.5 Å². The molecule has 0 radical (unpaired) electrons. The average Bonchev–Trinajstić information content (AvgIpc) is 3.21. The molecule has 1 aliphatic heterocycles. The minimum atomic E-state index is -2.99. The predicted octanol–water partition coefficient (Wildman–Crippen LogP) is 3.64. The molecule has 1 saturated heterocycles. The Morgan fingerprint density at radius 2 is 1.95 bits per heavy atom. The number of rotatable bonds is 7. The number of benzene rings is 1. The fourth-order valence-corrected chi connectivity index (χ4v) is 5.89. The predicted molar refractivity (Wildman–Crippen MR) is 143 cm³/mol. The monoisotopic (exact) mass is 516 g/mol. The van der Waals surface area contributed by atoms with Crippen molar-refractivity contribution in [2.45, 2.75) is 19.8 Å². The molecule has 190 valence electrons. The van der Waals surface area contributed by atoms with Gasteiger partial charge in [0.2, 0.25) is 0 Å². The lowest BCUT2D eigenvalue weighted by Crippen LogP contribution is -2.49. The van der Waals surface area contributed by atoms with Gasteiger partial charge < -0.3 is 10.2 Å². The Morgan fingerprint density at radius 1 is 1.16 bits per heavy atom. The van der Waals surface area contributed by atoms with Crippen LogP contribution in [-0.4, -0.2) is 58.2 Å². The van der Waals surface area contributed by atoms with Crippen molar-refractivity contribution in [3.63, 3.8) is 0 Å². The molecule has 5 rings (SSSR count). The Morgan fingerprint density at radius 3 is 2.65 bits per heavy atom. The van der Waals surface area contributed by atoms with Crippen LogP contribution < -0.4 is 10.2 Å². The Kier molecular flexibility index (Phi) is 6.29. The van der Waals surface area contributed by atoms with Gasteiger partial charge in [0.1, 0.15) is 27.5 Å². The molecule has 11 heteroatoms. The lowest BCUT2D eigenvalue weighted by atomic mass is 9.93. The summed E-state index contributed by atoms with van der Waals surface area (Å²) in [7, 11) is -1.24. The van der Waals surface area contributed by atoms with E-state index in [1.165, 1.54) is 11.8 Å². The van der Waals surface area contributed by atoms with E-state index in [0.29, 0.717) is 42.0 Å². The van der Waals surface area contributed by atoms with Crippen LogP contribution in [0.4, 0.5) is 17.3 Å². The van der Waals surface area contributed by atoms with Gasteiger partial charge in [-0.2, -0.15) is 10.4 Å². The first-order valence-electron chi connectivity index (χ1n) is 12.0. The van der Waals surface area contributed by atoms with Gasteiger partial charge in [-0.05, 0) is 35.1 Å². The number of pyridine rings is 1. The highest BCUT2D eigenvalue weighted by Crippen LogP contribution is 2.37. The first-order chi connectivity index (χ1) is 17.6. The van der Waals surface area contributed by atoms with Crippen LogP contribution in [0.1, 0.15) is 31.0 Å². The molecule has 3 aromatic heterocycles. The highest BCUT2D eigenvalue weighted by atomic mass is 32.2. The summed E-state index contributed by atoms with van der Waals surface area (Å²) in [5.41, 5.74) is 3.10. The Labute approximate surface area is 215 Å². The van der Waals surface area contributed by atoms with Gasteiger partial charge >= 0.3 is 0 Å². The van der Waals surface area contributed by atoms with Crippen molar-refractivity contribution in [2.24, 2.45) is 13.0 Å². The van der Waals surface area contributed by atoms with Gasteiger partial charge in [0.25, 0.3) is 0 Å². The second-order valence-corrected chi connectivity index (χ2v) is 12.1. The number of hydrogen-bond acceptors (Lipinski definition) is 9. The largest absolute Gasteiger partial charge is 0.370 e. The summed E-state index contributed by atoms with van der Waals surface area (Å²) in [6.07, 6.45) is 6.51. The molecule has 1 N–H and O–H groups in total. The van der Waals surface area contributed by atoms with E-state index in [1.807, 2.05) is 12.3 Å². The zero-order chi connectivity index (χ0) is 26.3. The first-order valence-corrected chi connectivity index (χ1v) is 14.1. The van der Waals surface area contributed by atoms with Crippen molar-refractivity contribution in [3.05, 3.63) is 54.1 Å². The fraction of sp³-hybridized carbons (Fsp3) is 0.346. The maximum atomic E-state index is 11.7. The molecule has 0 aliphatic carbocycles. The minimum Gasteiger partial charge on any atom is -0.370 e. The third-order valence-corrected chi connectivity index (χ3v) is 7.53. The number of nitriles is 1. The lowest BCUT2D eigenvalue weighted by molar-refractivity contribution is 0.445. The molecule has 0 atom stereocenters. The van der Waals surface area contributed by atoms with Gasteiger partial charge in [0.05, 0.1) is 11.3 Å². The molecule has 0 unspecified atom stereocenters. The van der Waals surface area contributed by atoms with E-state index >= 15 is 0 Å². The molecule has 37 heavy (non-hydrogen) atoms. The van der Waals surface area contributed by atoms with E-state index in [-0.39, 0.29) is 17.4 Å². The molecule has 0 spiro atoms. The molecule has 4 aromatic rings. The van der Waals surface area contributed by atoms with Crippen molar-refractivity contribution < 1.29 is 8.42 Å². The number of sulfone groups is 1. The average molecular weight is 517 g/mol. The number of hydrogen-bond donors (Lipinski definition) is 1. The van der Waals surface area contributed by atoms with Gasteiger partial charge in [-0.3, -0.25) is 4.68 Å². The van der Waals surface area contributed by atoms with Crippen LogP contribution in [-0.2, 0) is 16.9 Å². The maximum absolute atomic E-state index is 11.7. The van der Waals surface area contributed by atoms with Crippen LogP contribution in [0.2, 0.25) is 0 Å². The SMILES string of the molecule is CC(C)c1ccc(N2CC(CS(C)(=O)=O)C2)c2cnc(Nc3ccnc(-c4cn(C)nc4C#N)n3)cc12. The molecule has 0 saturated carbocycles. The number of fused-ring (bicyclic) bond motifs is 1. The van der Waals surface area contributed by atoms with Crippen molar-refractivity contribution in [1.82, 2.24) is 24.7 Å². The maximum Gasteiger partial charge on any atom is 0.173 e. The summed E-state index contributed by atoms with van der Waals surface area (Å²) < 4.78 is 24.9. The highest BCUT2D eigenvalue weighted by molar-refractivity contribution is 7.90. The van der Waals surface area contributed by atoms with Gasteiger partial charge in [0, 0.05) is 62.0 Å². The smallest absolute Gasteiger partial charge is 0.173 e. The third kappa shape index (κ3) is 5.11. The first kappa shape index (κ1) is 24.6. The number of nitrogens with one attached hydrogen (secondary N) is 1. The molecule has 0 amide bonds. The van der Waals surface area contributed by atoms with Crippen LogP contribution in [0.3, 0.4) is 0 Å². The van der Waals surface area contributed by atoms with E-state index < -0.39 is 9.84 Å². The van der Waals surface area contributed by atoms with Gasteiger partial charge in [-0.15, -0.1) is 0 Å². The Hall–Kier alpha value is -4.04. The van der Waals surface area contributed by atoms with Crippen molar-refractivity contribution in [2.75, 3.05) is 35.3 Å². The van der Waals surface area contributed by atoms with E-state index in [1.54, 1.807) is 30.2 Å². The number of anilines is 3. The molecule has 1 aromatic carbocycles. The van der Waals surface area contributed by atoms with Crippen LogP contribution in [0.25, 0.3) is 22.2 Å². The quantitative estimate of drug-likeness (QED) is 0.391. The summed E-state index contributed by atoms with van der Waals surface area (Å²) in [6, 6.07) is 10.1. The zero-order valence-corrected chi connectivity index (χ0v) is 22.0. The van der Waals surface area contributed by atoms with Crippen molar-refractivity contribution in [1.29, 1.82) is 5.26 Å². The Balaban J connectivity index is 1.45. The van der Waals surface area contributed by atoms with Crippen LogP contribution >= 0.6 is 0 Å². The number of nitrogens with zero attached hydrogens (tertiary/aromatic N) is 7. The molecule has 0 bridgehead atoms. The highest BCUT2D eigenvalue weighted by Gasteiger charge is 2.31. The fourth-order valence-electron chi connectivity index (χ4n) is 4.82. The minimum absolute atomic E-state index is 0.150. The summed E-state index contributed by atoms with van der Waals surface area (Å²) >= 11 is 0. The summed E-state index contributed by atoms with van der Waals surface area (Å²) in [6.45, 7) is 5.74. The molecule has 1 aliphatic rings. The summed E-state index contributed by atoms with van der Waals surface area (Å²) in [4.78, 5) is 15.8. The standard InChI is InChI=1S/C26H28N8O2S/c1-16(2)18-5-6-23(34-12-17(13-34)15-37(4,35)36)20-11-29-25(9-19(18)20)30-24-7-8-28-26(31-24)21-14-33(3)32-22(21)10-27/h5-9,11,14,16-17H,12-13,15H2,1-4H3,(H,28,29,30,31). The van der Waals surface area contributed by atoms with Gasteiger partial charge in [0.15, 0.2) is 11.5 Å². The molecule has 4 heterocycles. The van der Waals surface area contributed by atoms with Gasteiger partial charge in [-0.1, -0.05) is 19.9 Å². The number of aryl methyl sites for hydroxylation is 1. The zero-order valence-electron chi connectivity index (χ0n) is 21.2. The van der Waals surface area contributed by atoms with Gasteiger partial charge in [-0.25, -0.2) is 23.4 Å². The second-order valence-electron chi connectivity index (χ2n) is 9.87. The normalized spacial score (nSPS) is 14.1. The lowest BCUT2D eigenvalue weighted by Gasteiger charge is -2.41. The molecular weight excluding hydrogens is 488 g/mol. The molecule has 10 nitrogen and oxygen atoms in total. The van der Waals surface area contributed by atoms with E-state index in [4.69, 9.17) is 0 Å². The van der Waals surface area contributed by atoms with E-state index in [2.05, 4.69) is 62.3 Å². The van der Waals surface area contributed by atoms with Crippen molar-refractivity contribution >= 4 is 37.9 Å². The number of aromatic nitrogens is 5. The summed E-state index contributed by atoms with van der Waals surface area (Å²) in [5, 5.41) is 18.9. The second kappa shape index (κ2) is 9.44. The topological polar surface area (TPSA) is 130 Å². The molecular formula is C26H28N8O2S.